The molecule has 0 unspecified atom stereocenters. The Bertz CT molecular complexity index is 1000. The molecule has 0 atom stereocenters. The number of anilines is 1. The minimum atomic E-state index is -0.908. The lowest BCUT2D eigenvalue weighted by Crippen LogP contribution is -2.22. The maximum atomic E-state index is 13.3. The van der Waals surface area contributed by atoms with Gasteiger partial charge in [0.15, 0.2) is 11.6 Å². The Morgan fingerprint density at radius 1 is 1.04 bits per heavy atom. The SMILES string of the molecule is Cc1cc(C)nc(/N=C(\N)Nc2cccc(OCc3ccc(F)c(F)c3)c2)n1. The molecular formula is C20H19F2N5O. The predicted octanol–water partition coefficient (Wildman–Crippen LogP) is 4.01. The summed E-state index contributed by atoms with van der Waals surface area (Å²) < 4.78 is 31.9. The van der Waals surface area contributed by atoms with E-state index < -0.39 is 11.6 Å². The van der Waals surface area contributed by atoms with E-state index in [2.05, 4.69) is 20.3 Å². The van der Waals surface area contributed by atoms with Gasteiger partial charge in [-0.3, -0.25) is 0 Å². The average Bonchev–Trinajstić information content (AvgIpc) is 2.62. The Morgan fingerprint density at radius 2 is 1.79 bits per heavy atom. The van der Waals surface area contributed by atoms with E-state index in [9.17, 15) is 8.78 Å². The van der Waals surface area contributed by atoms with Crippen LogP contribution in [0.15, 0.2) is 53.5 Å². The van der Waals surface area contributed by atoms with Gasteiger partial charge in [0.05, 0.1) is 0 Å². The van der Waals surface area contributed by atoms with Gasteiger partial charge in [-0.1, -0.05) is 12.1 Å². The zero-order valence-corrected chi connectivity index (χ0v) is 15.4. The second kappa shape index (κ2) is 8.43. The van der Waals surface area contributed by atoms with Crippen molar-refractivity contribution in [3.63, 3.8) is 0 Å². The molecule has 0 aliphatic carbocycles. The minimum Gasteiger partial charge on any atom is -0.489 e. The van der Waals surface area contributed by atoms with E-state index in [1.54, 1.807) is 24.3 Å². The van der Waals surface area contributed by atoms with Crippen molar-refractivity contribution in [2.24, 2.45) is 10.7 Å². The molecule has 3 aromatic rings. The van der Waals surface area contributed by atoms with E-state index >= 15 is 0 Å². The quantitative estimate of drug-likeness (QED) is 0.514. The van der Waals surface area contributed by atoms with Gasteiger partial charge in [0, 0.05) is 23.1 Å². The monoisotopic (exact) mass is 383 g/mol. The summed E-state index contributed by atoms with van der Waals surface area (Å²) in [4.78, 5) is 12.6. The van der Waals surface area contributed by atoms with Crippen molar-refractivity contribution in [3.8, 4) is 5.75 Å². The molecule has 8 heteroatoms. The highest BCUT2D eigenvalue weighted by Gasteiger charge is 2.05. The van der Waals surface area contributed by atoms with E-state index in [1.165, 1.54) is 6.07 Å². The van der Waals surface area contributed by atoms with Crippen LogP contribution in [0.1, 0.15) is 17.0 Å². The number of halogens is 2. The summed E-state index contributed by atoms with van der Waals surface area (Å²) in [5.41, 5.74) is 8.69. The fourth-order valence-corrected chi connectivity index (χ4v) is 2.50. The first-order valence-electron chi connectivity index (χ1n) is 8.49. The molecule has 3 N–H and O–H groups in total. The molecular weight excluding hydrogens is 364 g/mol. The standard InChI is InChI=1S/C20H19F2N5O/c1-12-8-13(2)25-20(24-12)27-19(23)26-15-4-3-5-16(10-15)28-11-14-6-7-17(21)18(22)9-14/h3-10H,11H2,1-2H3,(H3,23,24,25,26,27). The first kappa shape index (κ1) is 19.2. The zero-order chi connectivity index (χ0) is 20.1. The van der Waals surface area contributed by atoms with Gasteiger partial charge in [-0.05, 0) is 49.7 Å². The first-order chi connectivity index (χ1) is 13.4. The van der Waals surface area contributed by atoms with E-state index in [-0.39, 0.29) is 18.5 Å². The first-order valence-corrected chi connectivity index (χ1v) is 8.49. The number of hydrogen-bond donors (Lipinski definition) is 2. The Kier molecular flexibility index (Phi) is 5.78. The molecule has 0 fully saturated rings. The van der Waals surface area contributed by atoms with Crippen LogP contribution in [0.4, 0.5) is 20.4 Å². The smallest absolute Gasteiger partial charge is 0.253 e. The molecule has 3 rings (SSSR count). The molecule has 0 saturated heterocycles. The van der Waals surface area contributed by atoms with Crippen LogP contribution < -0.4 is 15.8 Å². The predicted molar refractivity (Wildman–Crippen MR) is 104 cm³/mol. The van der Waals surface area contributed by atoms with Crippen molar-refractivity contribution in [2.45, 2.75) is 20.5 Å². The zero-order valence-electron chi connectivity index (χ0n) is 15.4. The van der Waals surface area contributed by atoms with Crippen LogP contribution in [-0.2, 0) is 6.61 Å². The largest absolute Gasteiger partial charge is 0.489 e. The van der Waals surface area contributed by atoms with E-state index in [0.29, 0.717) is 17.0 Å². The Hall–Kier alpha value is -3.55. The van der Waals surface area contributed by atoms with Crippen LogP contribution >= 0.6 is 0 Å². The van der Waals surface area contributed by atoms with Gasteiger partial charge in [0.1, 0.15) is 12.4 Å². The number of nitrogens with zero attached hydrogens (tertiary/aromatic N) is 3. The van der Waals surface area contributed by atoms with Crippen molar-refractivity contribution < 1.29 is 13.5 Å². The van der Waals surface area contributed by atoms with Gasteiger partial charge >= 0.3 is 0 Å². The highest BCUT2D eigenvalue weighted by Crippen LogP contribution is 2.19. The summed E-state index contributed by atoms with van der Waals surface area (Å²) in [6.07, 6.45) is 0. The molecule has 2 aromatic carbocycles. The van der Waals surface area contributed by atoms with Crippen molar-refractivity contribution in [2.75, 3.05) is 5.32 Å². The molecule has 0 radical (unpaired) electrons. The topological polar surface area (TPSA) is 85.4 Å². The fraction of sp³-hybridized carbons (Fsp3) is 0.150. The highest BCUT2D eigenvalue weighted by molar-refractivity contribution is 5.93. The lowest BCUT2D eigenvalue weighted by atomic mass is 10.2. The fourth-order valence-electron chi connectivity index (χ4n) is 2.50. The van der Waals surface area contributed by atoms with E-state index in [4.69, 9.17) is 10.5 Å². The van der Waals surface area contributed by atoms with Crippen molar-refractivity contribution in [1.29, 1.82) is 0 Å². The average molecular weight is 383 g/mol. The molecule has 0 amide bonds. The lowest BCUT2D eigenvalue weighted by Gasteiger charge is -2.10. The van der Waals surface area contributed by atoms with Gasteiger partial charge in [-0.2, -0.15) is 4.99 Å². The summed E-state index contributed by atoms with van der Waals surface area (Å²) in [6.45, 7) is 3.80. The second-order valence-corrected chi connectivity index (χ2v) is 6.14. The third-order valence-electron chi connectivity index (χ3n) is 3.69. The van der Waals surface area contributed by atoms with Gasteiger partial charge < -0.3 is 15.8 Å². The van der Waals surface area contributed by atoms with Gasteiger partial charge in [-0.15, -0.1) is 0 Å². The summed E-state index contributed by atoms with van der Waals surface area (Å²) in [5, 5.41) is 2.94. The Morgan fingerprint density at radius 3 is 2.50 bits per heavy atom. The number of aromatic nitrogens is 2. The van der Waals surface area contributed by atoms with Crippen LogP contribution in [0, 0.1) is 25.5 Å². The number of rotatable bonds is 5. The number of guanidine groups is 1. The van der Waals surface area contributed by atoms with Crippen LogP contribution in [0.25, 0.3) is 0 Å². The minimum absolute atomic E-state index is 0.0979. The maximum Gasteiger partial charge on any atom is 0.253 e. The van der Waals surface area contributed by atoms with Crippen molar-refractivity contribution in [3.05, 3.63) is 77.1 Å². The van der Waals surface area contributed by atoms with Crippen LogP contribution in [0.3, 0.4) is 0 Å². The molecule has 144 valence electrons. The summed E-state index contributed by atoms with van der Waals surface area (Å²) in [7, 11) is 0. The summed E-state index contributed by atoms with van der Waals surface area (Å²) in [5.74, 6) is -0.868. The second-order valence-electron chi connectivity index (χ2n) is 6.14. The van der Waals surface area contributed by atoms with Crippen molar-refractivity contribution in [1.82, 2.24) is 9.97 Å². The lowest BCUT2D eigenvalue weighted by molar-refractivity contribution is 0.305. The molecule has 28 heavy (non-hydrogen) atoms. The molecule has 0 bridgehead atoms. The molecule has 0 aliphatic rings. The molecule has 0 aliphatic heterocycles. The van der Waals surface area contributed by atoms with Crippen molar-refractivity contribution >= 4 is 17.6 Å². The summed E-state index contributed by atoms with van der Waals surface area (Å²) >= 11 is 0. The van der Waals surface area contributed by atoms with Gasteiger partial charge in [-0.25, -0.2) is 18.7 Å². The van der Waals surface area contributed by atoms with Crippen LogP contribution in [-0.4, -0.2) is 15.9 Å². The number of nitrogens with one attached hydrogen (secondary N) is 1. The third-order valence-corrected chi connectivity index (χ3v) is 3.69. The maximum absolute atomic E-state index is 13.3. The Balaban J connectivity index is 1.66. The van der Waals surface area contributed by atoms with Crippen LogP contribution in [0.2, 0.25) is 0 Å². The molecule has 1 aromatic heterocycles. The number of hydrogen-bond acceptors (Lipinski definition) is 4. The molecule has 0 spiro atoms. The number of aryl methyl sites for hydroxylation is 2. The van der Waals surface area contributed by atoms with Gasteiger partial charge in [0.25, 0.3) is 5.95 Å². The number of benzene rings is 2. The van der Waals surface area contributed by atoms with E-state index in [0.717, 1.165) is 23.5 Å². The molecule has 1 heterocycles. The summed E-state index contributed by atoms with van der Waals surface area (Å²) in [6, 6.07) is 12.5. The third kappa shape index (κ3) is 5.23. The van der Waals surface area contributed by atoms with Crippen LogP contribution in [0.5, 0.6) is 5.75 Å². The normalized spacial score (nSPS) is 11.4. The Labute approximate surface area is 161 Å². The molecule has 0 saturated carbocycles. The number of aliphatic imine (C=N–C) groups is 1. The molecule has 6 nitrogen and oxygen atoms in total. The van der Waals surface area contributed by atoms with E-state index in [1.807, 2.05) is 19.9 Å². The van der Waals surface area contributed by atoms with Gasteiger partial charge in [0.2, 0.25) is 5.96 Å². The number of nitrogens with two attached hydrogens (primary N) is 1. The highest BCUT2D eigenvalue weighted by atomic mass is 19.2. The number of ether oxygens (including phenoxy) is 1.